The lowest BCUT2D eigenvalue weighted by Gasteiger charge is -2.19. The maximum Gasteiger partial charge on any atom is 0.338 e. The van der Waals surface area contributed by atoms with Crippen molar-refractivity contribution in [2.45, 2.75) is 25.5 Å². The van der Waals surface area contributed by atoms with Crippen LogP contribution in [-0.4, -0.2) is 64.5 Å². The van der Waals surface area contributed by atoms with Gasteiger partial charge in [-0.3, -0.25) is 19.3 Å². The molecule has 10 heteroatoms. The van der Waals surface area contributed by atoms with Gasteiger partial charge in [-0.25, -0.2) is 14.5 Å². The lowest BCUT2D eigenvalue weighted by Crippen LogP contribution is -2.42. The van der Waals surface area contributed by atoms with Crippen LogP contribution in [0, 0.1) is 0 Å². The summed E-state index contributed by atoms with van der Waals surface area (Å²) in [6.07, 6.45) is 1.05. The summed E-state index contributed by atoms with van der Waals surface area (Å²) in [5.41, 5.74) is -0.602. The minimum atomic E-state index is -1.26. The fraction of sp³-hybridized carbons (Fsp3) is 0.316. The number of carbonyl (C=O) groups is 5. The van der Waals surface area contributed by atoms with E-state index >= 15 is 0 Å². The molecule has 2 heterocycles. The summed E-state index contributed by atoms with van der Waals surface area (Å²) in [5.74, 6) is -2.18. The van der Waals surface area contributed by atoms with Gasteiger partial charge in [0.25, 0.3) is 17.7 Å². The molecule has 29 heavy (non-hydrogen) atoms. The molecule has 5 amide bonds. The zero-order valence-corrected chi connectivity index (χ0v) is 15.7. The molecule has 0 saturated carbocycles. The van der Waals surface area contributed by atoms with Gasteiger partial charge >= 0.3 is 12.0 Å². The molecule has 1 aromatic rings. The van der Waals surface area contributed by atoms with E-state index in [1.165, 1.54) is 24.3 Å². The molecule has 2 aliphatic heterocycles. The van der Waals surface area contributed by atoms with E-state index in [9.17, 15) is 29.1 Å². The maximum absolute atomic E-state index is 12.1. The minimum Gasteiger partial charge on any atom is -0.459 e. The molecule has 1 atom stereocenters. The van der Waals surface area contributed by atoms with Crippen molar-refractivity contribution < 1.29 is 33.8 Å². The number of rotatable bonds is 6. The van der Waals surface area contributed by atoms with E-state index in [0.717, 1.165) is 22.0 Å². The highest BCUT2D eigenvalue weighted by Crippen LogP contribution is 2.20. The van der Waals surface area contributed by atoms with Gasteiger partial charge in [0.2, 0.25) is 0 Å². The normalized spacial score (nSPS) is 19.0. The van der Waals surface area contributed by atoms with Crippen LogP contribution >= 0.6 is 0 Å². The predicted octanol–water partition coefficient (Wildman–Crippen LogP) is -0.0359. The van der Waals surface area contributed by atoms with Crippen molar-refractivity contribution in [3.05, 3.63) is 42.0 Å². The van der Waals surface area contributed by atoms with Crippen LogP contribution in [-0.2, 0) is 19.1 Å². The number of anilines is 1. The van der Waals surface area contributed by atoms with E-state index in [1.807, 2.05) is 0 Å². The van der Waals surface area contributed by atoms with Gasteiger partial charge in [0.1, 0.15) is 18.2 Å². The number of ether oxygens (including phenoxy) is 1. The first-order valence-electron chi connectivity index (χ1n) is 8.75. The fourth-order valence-electron chi connectivity index (χ4n) is 2.90. The van der Waals surface area contributed by atoms with Crippen molar-refractivity contribution in [2.75, 3.05) is 18.1 Å². The summed E-state index contributed by atoms with van der Waals surface area (Å²) in [7, 11) is 0. The summed E-state index contributed by atoms with van der Waals surface area (Å²) >= 11 is 0. The molecule has 10 nitrogen and oxygen atoms in total. The van der Waals surface area contributed by atoms with Gasteiger partial charge in [0.05, 0.1) is 17.8 Å². The number of urea groups is 1. The van der Waals surface area contributed by atoms with Crippen LogP contribution in [0.15, 0.2) is 36.4 Å². The van der Waals surface area contributed by atoms with Crippen LogP contribution in [0.3, 0.4) is 0 Å². The number of nitrogens with one attached hydrogen (secondary N) is 1. The number of imide groups is 2. The molecule has 2 N–H and O–H groups in total. The third kappa shape index (κ3) is 4.02. The van der Waals surface area contributed by atoms with Crippen molar-refractivity contribution in [1.29, 1.82) is 0 Å². The molecule has 0 bridgehead atoms. The fourth-order valence-corrected chi connectivity index (χ4v) is 2.90. The van der Waals surface area contributed by atoms with E-state index in [4.69, 9.17) is 4.74 Å². The van der Waals surface area contributed by atoms with Gasteiger partial charge in [-0.1, -0.05) is 0 Å². The number of nitrogens with zero attached hydrogens (tertiary/aromatic N) is 2. The minimum absolute atomic E-state index is 0.143. The number of aliphatic hydroxyl groups is 1. The van der Waals surface area contributed by atoms with Gasteiger partial charge in [-0.05, 0) is 38.1 Å². The first-order chi connectivity index (χ1) is 13.6. The molecule has 0 aliphatic carbocycles. The number of hydrogen-bond acceptors (Lipinski definition) is 7. The molecule has 0 radical (unpaired) electrons. The summed E-state index contributed by atoms with van der Waals surface area (Å²) in [4.78, 5) is 61.1. The first kappa shape index (κ1) is 20.2. The van der Waals surface area contributed by atoms with E-state index in [-0.39, 0.29) is 12.1 Å². The molecule has 3 rings (SSSR count). The second kappa shape index (κ2) is 7.47. The number of esters is 1. The Hall–Kier alpha value is -3.53. The number of hydrogen-bond donors (Lipinski definition) is 2. The number of benzene rings is 1. The number of amides is 5. The molecule has 1 saturated heterocycles. The summed E-state index contributed by atoms with van der Waals surface area (Å²) in [6, 6.07) is 4.98. The molecule has 1 aromatic carbocycles. The molecule has 2 aliphatic rings. The highest BCUT2D eigenvalue weighted by atomic mass is 16.5. The van der Waals surface area contributed by atoms with Crippen LogP contribution in [0.5, 0.6) is 0 Å². The van der Waals surface area contributed by atoms with E-state index in [0.29, 0.717) is 5.69 Å². The second-order valence-electron chi connectivity index (χ2n) is 7.12. The monoisotopic (exact) mass is 401 g/mol. The lowest BCUT2D eigenvalue weighted by atomic mass is 10.1. The molecule has 1 fully saturated rings. The van der Waals surface area contributed by atoms with Crippen LogP contribution in [0.25, 0.3) is 0 Å². The van der Waals surface area contributed by atoms with Gasteiger partial charge < -0.3 is 15.2 Å². The predicted molar refractivity (Wildman–Crippen MR) is 98.7 cm³/mol. The molecule has 152 valence electrons. The van der Waals surface area contributed by atoms with E-state index in [2.05, 4.69) is 5.32 Å². The Kier molecular flexibility index (Phi) is 5.21. The van der Waals surface area contributed by atoms with Crippen molar-refractivity contribution in [3.8, 4) is 0 Å². The van der Waals surface area contributed by atoms with Crippen LogP contribution in [0.1, 0.15) is 24.2 Å². The van der Waals surface area contributed by atoms with Crippen molar-refractivity contribution in [2.24, 2.45) is 0 Å². The zero-order valence-electron chi connectivity index (χ0n) is 15.7. The average Bonchev–Trinajstić information content (AvgIpc) is 3.10. The Bertz CT molecular complexity index is 902. The lowest BCUT2D eigenvalue weighted by molar-refractivity contribution is -0.131. The third-order valence-corrected chi connectivity index (χ3v) is 4.42. The summed E-state index contributed by atoms with van der Waals surface area (Å²) < 4.78 is 5.01. The number of carbonyl (C=O) groups excluding carboxylic acids is 5. The largest absolute Gasteiger partial charge is 0.459 e. The summed E-state index contributed by atoms with van der Waals surface area (Å²) in [5, 5.41) is 12.5. The Morgan fingerprint density at radius 1 is 1.10 bits per heavy atom. The van der Waals surface area contributed by atoms with Crippen molar-refractivity contribution in [1.82, 2.24) is 10.2 Å². The molecule has 0 aromatic heterocycles. The third-order valence-electron chi connectivity index (χ3n) is 4.42. The number of aliphatic hydroxyl groups excluding tert-OH is 1. The first-order valence-corrected chi connectivity index (χ1v) is 8.75. The molecular formula is C19H19N3O7. The average molecular weight is 401 g/mol. The Morgan fingerprint density at radius 2 is 1.69 bits per heavy atom. The van der Waals surface area contributed by atoms with Crippen LogP contribution in [0.2, 0.25) is 0 Å². The Morgan fingerprint density at radius 3 is 2.21 bits per heavy atom. The van der Waals surface area contributed by atoms with Gasteiger partial charge in [0, 0.05) is 12.2 Å². The van der Waals surface area contributed by atoms with Crippen molar-refractivity contribution >= 4 is 35.4 Å². The van der Waals surface area contributed by atoms with Gasteiger partial charge in [-0.15, -0.1) is 0 Å². The standard InChI is InChI=1S/C19H19N3O7/c1-19(2)17(27)21(18(28)20-19)9-13(23)10-29-16(26)11-3-5-12(6-4-11)22-14(24)7-8-15(22)25/h3-8,13,23H,9-10H2,1-2H3,(H,20,28). The van der Waals surface area contributed by atoms with E-state index in [1.54, 1.807) is 13.8 Å². The SMILES string of the molecule is CC1(C)NC(=O)N(CC(O)COC(=O)c2ccc(N3C(=O)C=CC3=O)cc2)C1=O. The maximum atomic E-state index is 12.1. The highest BCUT2D eigenvalue weighted by Gasteiger charge is 2.44. The van der Waals surface area contributed by atoms with Crippen LogP contribution in [0.4, 0.5) is 10.5 Å². The molecule has 1 unspecified atom stereocenters. The zero-order chi connectivity index (χ0) is 21.3. The van der Waals surface area contributed by atoms with Gasteiger partial charge in [-0.2, -0.15) is 0 Å². The molecule has 0 spiro atoms. The quantitative estimate of drug-likeness (QED) is 0.388. The van der Waals surface area contributed by atoms with Crippen molar-refractivity contribution in [3.63, 3.8) is 0 Å². The highest BCUT2D eigenvalue weighted by molar-refractivity contribution is 6.28. The number of β-amino-alcohol motifs (C(OH)–C–C–N with tert-alkyl or cyclic N) is 1. The Balaban J connectivity index is 1.54. The topological polar surface area (TPSA) is 133 Å². The summed E-state index contributed by atoms with van der Waals surface area (Å²) in [6.45, 7) is 2.35. The molecular weight excluding hydrogens is 382 g/mol. The van der Waals surface area contributed by atoms with Crippen LogP contribution < -0.4 is 10.2 Å². The second-order valence-corrected chi connectivity index (χ2v) is 7.12. The smallest absolute Gasteiger partial charge is 0.338 e. The van der Waals surface area contributed by atoms with E-state index < -0.39 is 48.0 Å². The Labute approximate surface area is 165 Å². The van der Waals surface area contributed by atoms with Gasteiger partial charge in [0.15, 0.2) is 0 Å².